The van der Waals surface area contributed by atoms with Gasteiger partial charge in [0.25, 0.3) is 0 Å². The molecule has 0 aliphatic carbocycles. The number of benzene rings is 2. The Morgan fingerprint density at radius 1 is 1.11 bits per heavy atom. The molecule has 0 N–H and O–H groups in total. The number of hydrogen-bond acceptors (Lipinski definition) is 1. The molecule has 0 heterocycles. The second-order valence-electron chi connectivity index (χ2n) is 4.19. The Morgan fingerprint density at radius 3 is 2.37 bits per heavy atom. The van der Waals surface area contributed by atoms with Crippen molar-refractivity contribution in [1.29, 1.82) is 0 Å². The molecule has 0 aliphatic heterocycles. The second kappa shape index (κ2) is 6.15. The Morgan fingerprint density at radius 2 is 1.74 bits per heavy atom. The van der Waals surface area contributed by atoms with Crippen molar-refractivity contribution in [2.45, 2.75) is 11.2 Å². The van der Waals surface area contributed by atoms with Crippen molar-refractivity contribution >= 4 is 15.9 Å². The molecule has 0 radical (unpaired) electrons. The Bertz CT molecular complexity index is 552. The van der Waals surface area contributed by atoms with Crippen molar-refractivity contribution in [3.8, 4) is 5.75 Å². The molecule has 1 atom stereocenters. The maximum absolute atomic E-state index is 13.2. The van der Waals surface area contributed by atoms with E-state index in [1.807, 2.05) is 24.3 Å². The van der Waals surface area contributed by atoms with E-state index in [2.05, 4.69) is 15.9 Å². The lowest BCUT2D eigenvalue weighted by Gasteiger charge is -2.13. The molecule has 0 bridgehead atoms. The van der Waals surface area contributed by atoms with Crippen LogP contribution in [0.2, 0.25) is 0 Å². The van der Waals surface area contributed by atoms with Crippen molar-refractivity contribution in [1.82, 2.24) is 0 Å². The lowest BCUT2D eigenvalue weighted by Crippen LogP contribution is -1.99. The lowest BCUT2D eigenvalue weighted by molar-refractivity contribution is 0.409. The van der Waals surface area contributed by atoms with Crippen LogP contribution in [0.25, 0.3) is 0 Å². The zero-order chi connectivity index (χ0) is 13.8. The minimum Gasteiger partial charge on any atom is -0.496 e. The smallest absolute Gasteiger partial charge is 0.126 e. The normalized spacial score (nSPS) is 12.2. The molecule has 0 aromatic heterocycles. The highest BCUT2D eigenvalue weighted by Crippen LogP contribution is 2.31. The molecule has 1 unspecified atom stereocenters. The van der Waals surface area contributed by atoms with Gasteiger partial charge >= 0.3 is 0 Å². The maximum Gasteiger partial charge on any atom is 0.126 e. The van der Waals surface area contributed by atoms with E-state index in [1.165, 1.54) is 12.1 Å². The summed E-state index contributed by atoms with van der Waals surface area (Å²) in [6.45, 7) is 0. The summed E-state index contributed by atoms with van der Waals surface area (Å²) in [5.74, 6) is -0.372. The number of hydrogen-bond donors (Lipinski definition) is 0. The van der Waals surface area contributed by atoms with Crippen LogP contribution in [0.15, 0.2) is 42.5 Å². The number of ether oxygens (including phenoxy) is 1. The van der Waals surface area contributed by atoms with Gasteiger partial charge in [0.15, 0.2) is 0 Å². The van der Waals surface area contributed by atoms with Gasteiger partial charge in [-0.3, -0.25) is 0 Å². The van der Waals surface area contributed by atoms with Gasteiger partial charge in [0.2, 0.25) is 0 Å². The molecule has 0 amide bonds. The zero-order valence-corrected chi connectivity index (χ0v) is 12.0. The van der Waals surface area contributed by atoms with Gasteiger partial charge in [-0.1, -0.05) is 34.1 Å². The first kappa shape index (κ1) is 14.0. The maximum atomic E-state index is 13.2. The molecule has 2 aromatic carbocycles. The first-order valence-corrected chi connectivity index (χ1v) is 6.73. The summed E-state index contributed by atoms with van der Waals surface area (Å²) < 4.78 is 31.6. The van der Waals surface area contributed by atoms with Gasteiger partial charge in [0, 0.05) is 10.9 Å². The molecule has 4 heteroatoms. The summed E-state index contributed by atoms with van der Waals surface area (Å²) in [6.07, 6.45) is 0.590. The van der Waals surface area contributed by atoms with E-state index in [0.29, 0.717) is 12.0 Å². The van der Waals surface area contributed by atoms with Crippen LogP contribution in [0.5, 0.6) is 5.75 Å². The van der Waals surface area contributed by atoms with Crippen molar-refractivity contribution in [2.24, 2.45) is 0 Å². The Balaban J connectivity index is 2.22. The van der Waals surface area contributed by atoms with E-state index in [1.54, 1.807) is 7.11 Å². The highest BCUT2D eigenvalue weighted by atomic mass is 79.9. The van der Waals surface area contributed by atoms with Crippen LogP contribution in [-0.2, 0) is 6.42 Å². The van der Waals surface area contributed by atoms with Crippen LogP contribution < -0.4 is 4.74 Å². The highest BCUT2D eigenvalue weighted by Gasteiger charge is 2.13. The number of para-hydroxylation sites is 1. The van der Waals surface area contributed by atoms with Crippen molar-refractivity contribution < 1.29 is 13.5 Å². The van der Waals surface area contributed by atoms with Gasteiger partial charge in [0.05, 0.1) is 7.11 Å². The number of halogens is 3. The average Bonchev–Trinajstić information content (AvgIpc) is 2.38. The van der Waals surface area contributed by atoms with Gasteiger partial charge < -0.3 is 4.74 Å². The second-order valence-corrected chi connectivity index (χ2v) is 5.29. The number of methoxy groups -OCH3 is 1. The lowest BCUT2D eigenvalue weighted by atomic mass is 10.0. The van der Waals surface area contributed by atoms with Gasteiger partial charge in [0.1, 0.15) is 17.4 Å². The molecule has 2 rings (SSSR count). The molecular weight excluding hydrogens is 314 g/mol. The fraction of sp³-hybridized carbons (Fsp3) is 0.200. The van der Waals surface area contributed by atoms with Crippen molar-refractivity contribution in [2.75, 3.05) is 7.11 Å². The summed E-state index contributed by atoms with van der Waals surface area (Å²) >= 11 is 3.47. The van der Waals surface area contributed by atoms with Gasteiger partial charge in [-0.05, 0) is 35.7 Å². The number of rotatable bonds is 4. The summed E-state index contributed by atoms with van der Waals surface area (Å²) in [4.78, 5) is -0.172. The minimum absolute atomic E-state index is 0.172. The molecule has 0 saturated heterocycles. The predicted molar refractivity (Wildman–Crippen MR) is 74.7 cm³/mol. The van der Waals surface area contributed by atoms with Crippen molar-refractivity contribution in [3.63, 3.8) is 0 Å². The van der Waals surface area contributed by atoms with E-state index < -0.39 is 11.6 Å². The van der Waals surface area contributed by atoms with Gasteiger partial charge in [-0.2, -0.15) is 0 Å². The zero-order valence-electron chi connectivity index (χ0n) is 10.4. The van der Waals surface area contributed by atoms with Gasteiger partial charge in [-0.15, -0.1) is 0 Å². The monoisotopic (exact) mass is 326 g/mol. The molecular formula is C15H13BrF2O. The summed E-state index contributed by atoms with van der Waals surface area (Å²) in [7, 11) is 1.60. The third-order valence-electron chi connectivity index (χ3n) is 2.84. The van der Waals surface area contributed by atoms with E-state index in [4.69, 9.17) is 4.74 Å². The largest absolute Gasteiger partial charge is 0.496 e. The van der Waals surface area contributed by atoms with Crippen LogP contribution >= 0.6 is 15.9 Å². The fourth-order valence-corrected chi connectivity index (χ4v) is 2.55. The Kier molecular flexibility index (Phi) is 4.53. The summed E-state index contributed by atoms with van der Waals surface area (Å²) in [5.41, 5.74) is 1.56. The SMILES string of the molecule is COc1ccccc1CC(Br)c1cc(F)cc(F)c1. The standard InChI is InChI=1S/C15H13BrF2O/c1-19-15-5-3-2-4-10(15)8-14(16)11-6-12(17)9-13(18)7-11/h2-7,9,14H,8H2,1H3. The third-order valence-corrected chi connectivity index (χ3v) is 3.69. The first-order chi connectivity index (χ1) is 9.10. The quantitative estimate of drug-likeness (QED) is 0.743. The molecule has 0 aliphatic rings. The van der Waals surface area contributed by atoms with Crippen LogP contribution in [0.3, 0.4) is 0 Å². The summed E-state index contributed by atoms with van der Waals surface area (Å²) in [5, 5.41) is 0. The third kappa shape index (κ3) is 3.53. The molecule has 100 valence electrons. The average molecular weight is 327 g/mol. The number of alkyl halides is 1. The minimum atomic E-state index is -0.570. The van der Waals surface area contributed by atoms with E-state index in [9.17, 15) is 8.78 Å². The predicted octanol–water partition coefficient (Wildman–Crippen LogP) is 4.65. The molecule has 2 aromatic rings. The highest BCUT2D eigenvalue weighted by molar-refractivity contribution is 9.09. The molecule has 0 spiro atoms. The van der Waals surface area contributed by atoms with E-state index >= 15 is 0 Å². The van der Waals surface area contributed by atoms with Gasteiger partial charge in [-0.25, -0.2) is 8.78 Å². The van der Waals surface area contributed by atoms with Crippen LogP contribution in [0.4, 0.5) is 8.78 Å². The van der Waals surface area contributed by atoms with E-state index in [0.717, 1.165) is 17.4 Å². The molecule has 0 fully saturated rings. The molecule has 0 saturated carbocycles. The molecule has 19 heavy (non-hydrogen) atoms. The molecule has 1 nitrogen and oxygen atoms in total. The van der Waals surface area contributed by atoms with Crippen LogP contribution in [0.1, 0.15) is 16.0 Å². The Labute approximate surface area is 119 Å². The Hall–Kier alpha value is -1.42. The topological polar surface area (TPSA) is 9.23 Å². The first-order valence-electron chi connectivity index (χ1n) is 5.82. The van der Waals surface area contributed by atoms with E-state index in [-0.39, 0.29) is 4.83 Å². The summed E-state index contributed by atoms with van der Waals surface area (Å²) in [6, 6.07) is 11.1. The van der Waals surface area contributed by atoms with Crippen molar-refractivity contribution in [3.05, 3.63) is 65.2 Å². The van der Waals surface area contributed by atoms with Crippen LogP contribution in [-0.4, -0.2) is 7.11 Å². The van der Waals surface area contributed by atoms with Crippen LogP contribution in [0, 0.1) is 11.6 Å². The fourth-order valence-electron chi connectivity index (χ4n) is 1.94.